The van der Waals surface area contributed by atoms with Gasteiger partial charge in [-0.1, -0.05) is 31.1 Å². The standard InChI is InChI=1S/C18H16N6O2/c1-10(2)18(25)19-13-5-3-4-11(8-13)16-14-9-12(17-20-23-24-21-17)6-7-15(14)22-26-16/h3-10H,1-2H3,(H,19,25)(H,20,21,23,24). The molecule has 0 spiro atoms. The van der Waals surface area contributed by atoms with Crippen molar-refractivity contribution in [3.8, 4) is 22.7 Å². The van der Waals surface area contributed by atoms with Crippen molar-refractivity contribution in [1.82, 2.24) is 25.8 Å². The lowest BCUT2D eigenvalue weighted by atomic mass is 10.1. The Morgan fingerprint density at radius 2 is 2.04 bits per heavy atom. The first-order valence-corrected chi connectivity index (χ1v) is 8.16. The average Bonchev–Trinajstić information content (AvgIpc) is 3.31. The van der Waals surface area contributed by atoms with Crippen molar-refractivity contribution in [2.45, 2.75) is 13.8 Å². The van der Waals surface area contributed by atoms with Gasteiger partial charge in [0.1, 0.15) is 5.52 Å². The number of fused-ring (bicyclic) bond motifs is 1. The molecule has 0 saturated heterocycles. The zero-order valence-corrected chi connectivity index (χ0v) is 14.2. The number of anilines is 1. The summed E-state index contributed by atoms with van der Waals surface area (Å²) in [6.07, 6.45) is 0. The number of carbonyl (C=O) groups excluding carboxylic acids is 1. The summed E-state index contributed by atoms with van der Waals surface area (Å²) < 4.78 is 5.55. The summed E-state index contributed by atoms with van der Waals surface area (Å²) in [5.41, 5.74) is 3.06. The van der Waals surface area contributed by atoms with Crippen LogP contribution in [0.1, 0.15) is 13.8 Å². The van der Waals surface area contributed by atoms with Crippen LogP contribution in [-0.2, 0) is 4.79 Å². The molecule has 0 saturated carbocycles. The third-order valence-corrected chi connectivity index (χ3v) is 4.00. The Kier molecular flexibility index (Phi) is 3.92. The van der Waals surface area contributed by atoms with Gasteiger partial charge in [0.25, 0.3) is 0 Å². The molecule has 2 aromatic carbocycles. The third-order valence-electron chi connectivity index (χ3n) is 4.00. The van der Waals surface area contributed by atoms with Crippen molar-refractivity contribution in [3.05, 3.63) is 42.5 Å². The molecule has 0 aliphatic carbocycles. The molecular formula is C18H16N6O2. The maximum Gasteiger partial charge on any atom is 0.226 e. The average molecular weight is 348 g/mol. The summed E-state index contributed by atoms with van der Waals surface area (Å²) in [7, 11) is 0. The number of H-pyrrole nitrogens is 1. The van der Waals surface area contributed by atoms with Crippen molar-refractivity contribution < 1.29 is 9.32 Å². The first-order valence-electron chi connectivity index (χ1n) is 8.16. The second kappa shape index (κ2) is 6.40. The first-order chi connectivity index (χ1) is 12.6. The number of aromatic amines is 1. The fourth-order valence-electron chi connectivity index (χ4n) is 2.60. The van der Waals surface area contributed by atoms with Gasteiger partial charge < -0.3 is 9.84 Å². The summed E-state index contributed by atoms with van der Waals surface area (Å²) in [4.78, 5) is 11.9. The molecule has 2 aromatic heterocycles. The summed E-state index contributed by atoms with van der Waals surface area (Å²) in [6.45, 7) is 3.70. The van der Waals surface area contributed by atoms with Gasteiger partial charge in [0.2, 0.25) is 11.7 Å². The molecule has 0 unspecified atom stereocenters. The van der Waals surface area contributed by atoms with E-state index in [1.54, 1.807) is 0 Å². The van der Waals surface area contributed by atoms with Gasteiger partial charge in [-0.15, -0.1) is 10.2 Å². The van der Waals surface area contributed by atoms with Gasteiger partial charge in [-0.3, -0.25) is 4.79 Å². The van der Waals surface area contributed by atoms with Gasteiger partial charge in [-0.25, -0.2) is 0 Å². The zero-order valence-electron chi connectivity index (χ0n) is 14.2. The molecular weight excluding hydrogens is 332 g/mol. The first kappa shape index (κ1) is 15.9. The maximum absolute atomic E-state index is 11.9. The fraction of sp³-hybridized carbons (Fsp3) is 0.167. The smallest absolute Gasteiger partial charge is 0.226 e. The Morgan fingerprint density at radius 1 is 1.15 bits per heavy atom. The van der Waals surface area contributed by atoms with Crippen LogP contribution in [0.25, 0.3) is 33.6 Å². The highest BCUT2D eigenvalue weighted by atomic mass is 16.5. The zero-order chi connectivity index (χ0) is 18.1. The Labute approximate surface area is 148 Å². The molecule has 4 rings (SSSR count). The minimum absolute atomic E-state index is 0.0380. The number of tetrazole rings is 1. The van der Waals surface area contributed by atoms with E-state index >= 15 is 0 Å². The number of rotatable bonds is 4. The number of aromatic nitrogens is 5. The predicted octanol–water partition coefficient (Wildman–Crippen LogP) is 3.27. The van der Waals surface area contributed by atoms with E-state index in [9.17, 15) is 4.79 Å². The lowest BCUT2D eigenvalue weighted by molar-refractivity contribution is -0.118. The molecule has 4 aromatic rings. The summed E-state index contributed by atoms with van der Waals surface area (Å²) >= 11 is 0. The minimum atomic E-state index is -0.0951. The normalized spacial score (nSPS) is 11.2. The number of hydrogen-bond donors (Lipinski definition) is 2. The number of amides is 1. The van der Waals surface area contributed by atoms with Crippen LogP contribution < -0.4 is 5.32 Å². The van der Waals surface area contributed by atoms with Gasteiger partial charge in [0.05, 0.1) is 5.39 Å². The van der Waals surface area contributed by atoms with E-state index < -0.39 is 0 Å². The highest BCUT2D eigenvalue weighted by Gasteiger charge is 2.14. The Balaban J connectivity index is 1.75. The van der Waals surface area contributed by atoms with Gasteiger partial charge in [-0.2, -0.15) is 5.21 Å². The lowest BCUT2D eigenvalue weighted by Crippen LogP contribution is -2.17. The van der Waals surface area contributed by atoms with E-state index in [0.29, 0.717) is 17.3 Å². The lowest BCUT2D eigenvalue weighted by Gasteiger charge is -2.08. The van der Waals surface area contributed by atoms with Crippen molar-refractivity contribution in [1.29, 1.82) is 0 Å². The molecule has 8 heteroatoms. The van der Waals surface area contributed by atoms with E-state index in [4.69, 9.17) is 4.52 Å². The number of carbonyl (C=O) groups is 1. The Morgan fingerprint density at radius 3 is 2.81 bits per heavy atom. The molecule has 1 amide bonds. The molecule has 0 fully saturated rings. The number of nitrogens with zero attached hydrogens (tertiary/aromatic N) is 4. The number of hydrogen-bond acceptors (Lipinski definition) is 6. The predicted molar refractivity (Wildman–Crippen MR) is 96.1 cm³/mol. The molecule has 26 heavy (non-hydrogen) atoms. The molecule has 0 aliphatic rings. The van der Waals surface area contributed by atoms with Gasteiger partial charge in [0, 0.05) is 22.7 Å². The van der Waals surface area contributed by atoms with Crippen molar-refractivity contribution in [2.24, 2.45) is 5.92 Å². The third kappa shape index (κ3) is 2.92. The number of benzene rings is 2. The van der Waals surface area contributed by atoms with E-state index in [0.717, 1.165) is 22.0 Å². The summed E-state index contributed by atoms with van der Waals surface area (Å²) in [5.74, 6) is 0.981. The van der Waals surface area contributed by atoms with Crippen LogP contribution in [0.2, 0.25) is 0 Å². The largest absolute Gasteiger partial charge is 0.355 e. The van der Waals surface area contributed by atoms with Crippen molar-refractivity contribution in [3.63, 3.8) is 0 Å². The highest BCUT2D eigenvalue weighted by Crippen LogP contribution is 2.32. The molecule has 2 heterocycles. The van der Waals surface area contributed by atoms with Crippen LogP contribution in [0.15, 0.2) is 47.0 Å². The molecule has 8 nitrogen and oxygen atoms in total. The van der Waals surface area contributed by atoms with E-state index in [1.165, 1.54) is 0 Å². The van der Waals surface area contributed by atoms with Crippen LogP contribution in [0.3, 0.4) is 0 Å². The minimum Gasteiger partial charge on any atom is -0.355 e. The van der Waals surface area contributed by atoms with Gasteiger partial charge in [-0.05, 0) is 35.5 Å². The SMILES string of the molecule is CC(C)C(=O)Nc1cccc(-c2onc3ccc(-c4nn[nH]n4)cc23)c1. The van der Waals surface area contributed by atoms with E-state index in [1.807, 2.05) is 56.3 Å². The quantitative estimate of drug-likeness (QED) is 0.586. The summed E-state index contributed by atoms with van der Waals surface area (Å²) in [6, 6.07) is 13.1. The van der Waals surface area contributed by atoms with E-state index in [-0.39, 0.29) is 11.8 Å². The maximum atomic E-state index is 11.9. The molecule has 0 aliphatic heterocycles. The fourth-order valence-corrected chi connectivity index (χ4v) is 2.60. The van der Waals surface area contributed by atoms with Gasteiger partial charge in [0.15, 0.2) is 5.76 Å². The van der Waals surface area contributed by atoms with Crippen molar-refractivity contribution >= 4 is 22.5 Å². The van der Waals surface area contributed by atoms with Crippen LogP contribution in [0.5, 0.6) is 0 Å². The molecule has 0 bridgehead atoms. The summed E-state index contributed by atoms with van der Waals surface area (Å²) in [5, 5.41) is 21.9. The van der Waals surface area contributed by atoms with Crippen LogP contribution in [0.4, 0.5) is 5.69 Å². The number of nitrogens with one attached hydrogen (secondary N) is 2. The van der Waals surface area contributed by atoms with Crippen molar-refractivity contribution in [2.75, 3.05) is 5.32 Å². The molecule has 0 radical (unpaired) electrons. The van der Waals surface area contributed by atoms with Crippen LogP contribution in [-0.4, -0.2) is 31.7 Å². The highest BCUT2D eigenvalue weighted by molar-refractivity contribution is 5.96. The van der Waals surface area contributed by atoms with E-state index in [2.05, 4.69) is 31.1 Å². The molecule has 2 N–H and O–H groups in total. The topological polar surface area (TPSA) is 110 Å². The van der Waals surface area contributed by atoms with Crippen LogP contribution >= 0.6 is 0 Å². The molecule has 0 atom stereocenters. The second-order valence-electron chi connectivity index (χ2n) is 6.20. The van der Waals surface area contributed by atoms with Gasteiger partial charge >= 0.3 is 0 Å². The monoisotopic (exact) mass is 348 g/mol. The Bertz CT molecular complexity index is 1070. The second-order valence-corrected chi connectivity index (χ2v) is 6.20. The van der Waals surface area contributed by atoms with Crippen LogP contribution in [0, 0.1) is 5.92 Å². The molecule has 130 valence electrons. The Hall–Kier alpha value is -3.55.